The van der Waals surface area contributed by atoms with Crippen molar-refractivity contribution in [2.45, 2.75) is 19.5 Å². The summed E-state index contributed by atoms with van der Waals surface area (Å²) >= 11 is 5.67. The Kier molecular flexibility index (Phi) is 8.75. The molecule has 10 heteroatoms. The lowest BCUT2D eigenvalue weighted by Gasteiger charge is -2.13. The highest BCUT2D eigenvalue weighted by atomic mass is 35.5. The molecular formula is C19H19ClF3N5O. The standard InChI is InChI=1S/C15H15ClF3N3O.C4H4N2/c1-2-7-23-9-14(22-6-5-20-10-22)21-13-4-3-11(16)8-12(13)15(17,18)19;1-2-5-4-6-3-1/h3-6,8,10H,2,7,9H2,1H3;1-4H/b21-14+;. The Hall–Kier alpha value is -2.78. The van der Waals surface area contributed by atoms with E-state index in [1.54, 1.807) is 24.7 Å². The van der Waals surface area contributed by atoms with E-state index in [1.807, 2.05) is 6.92 Å². The minimum Gasteiger partial charge on any atom is -0.374 e. The molecule has 0 aliphatic rings. The summed E-state index contributed by atoms with van der Waals surface area (Å²) in [4.78, 5) is 15.3. The van der Waals surface area contributed by atoms with Gasteiger partial charge >= 0.3 is 6.18 Å². The number of alkyl halides is 3. The quantitative estimate of drug-likeness (QED) is 0.326. The number of benzene rings is 1. The molecule has 0 atom stereocenters. The second kappa shape index (κ2) is 11.3. The van der Waals surface area contributed by atoms with Crippen LogP contribution >= 0.6 is 11.6 Å². The summed E-state index contributed by atoms with van der Waals surface area (Å²) in [5.41, 5.74) is -1.11. The lowest BCUT2D eigenvalue weighted by Crippen LogP contribution is -2.18. The molecule has 2 aromatic heterocycles. The summed E-state index contributed by atoms with van der Waals surface area (Å²) in [6.07, 6.45) is 5.69. The third kappa shape index (κ3) is 7.63. The third-order valence-corrected chi connectivity index (χ3v) is 3.61. The van der Waals surface area contributed by atoms with Crippen molar-refractivity contribution in [3.05, 3.63) is 72.3 Å². The zero-order valence-corrected chi connectivity index (χ0v) is 16.3. The zero-order valence-electron chi connectivity index (χ0n) is 15.6. The lowest BCUT2D eigenvalue weighted by molar-refractivity contribution is -0.137. The van der Waals surface area contributed by atoms with E-state index >= 15 is 0 Å². The van der Waals surface area contributed by atoms with Gasteiger partial charge in [-0.2, -0.15) is 13.2 Å². The smallest absolute Gasteiger partial charge is 0.374 e. The van der Waals surface area contributed by atoms with Crippen LogP contribution in [0.4, 0.5) is 18.9 Å². The second-order valence-electron chi connectivity index (χ2n) is 5.61. The summed E-state index contributed by atoms with van der Waals surface area (Å²) in [7, 11) is 0. The maximum Gasteiger partial charge on any atom is 0.418 e. The highest BCUT2D eigenvalue weighted by molar-refractivity contribution is 6.30. The van der Waals surface area contributed by atoms with Crippen LogP contribution in [0.3, 0.4) is 0 Å². The van der Waals surface area contributed by atoms with Gasteiger partial charge in [0.2, 0.25) is 0 Å². The van der Waals surface area contributed by atoms with Gasteiger partial charge < -0.3 is 4.74 Å². The van der Waals surface area contributed by atoms with Crippen LogP contribution in [0, 0.1) is 0 Å². The number of hydrogen-bond donors (Lipinski definition) is 0. The van der Waals surface area contributed by atoms with Crippen LogP contribution in [-0.2, 0) is 10.9 Å². The van der Waals surface area contributed by atoms with Crippen LogP contribution in [0.1, 0.15) is 18.9 Å². The Morgan fingerprint density at radius 3 is 2.45 bits per heavy atom. The van der Waals surface area contributed by atoms with Crippen LogP contribution in [0.5, 0.6) is 0 Å². The van der Waals surface area contributed by atoms with E-state index < -0.39 is 11.7 Å². The molecule has 29 heavy (non-hydrogen) atoms. The van der Waals surface area contributed by atoms with Gasteiger partial charge in [-0.1, -0.05) is 18.5 Å². The monoisotopic (exact) mass is 425 g/mol. The molecule has 0 bridgehead atoms. The molecule has 6 nitrogen and oxygen atoms in total. The van der Waals surface area contributed by atoms with Crippen molar-refractivity contribution in [1.29, 1.82) is 0 Å². The van der Waals surface area contributed by atoms with Crippen molar-refractivity contribution in [2.24, 2.45) is 4.99 Å². The van der Waals surface area contributed by atoms with E-state index in [0.29, 0.717) is 12.4 Å². The normalized spacial score (nSPS) is 11.7. The van der Waals surface area contributed by atoms with Crippen LogP contribution in [-0.4, -0.2) is 38.6 Å². The minimum absolute atomic E-state index is 0.00249. The summed E-state index contributed by atoms with van der Waals surface area (Å²) in [5.74, 6) is 0.309. The average Bonchev–Trinajstić information content (AvgIpc) is 3.24. The van der Waals surface area contributed by atoms with Gasteiger partial charge in [0.05, 0.1) is 11.3 Å². The first-order valence-electron chi connectivity index (χ1n) is 8.62. The Morgan fingerprint density at radius 2 is 1.93 bits per heavy atom. The van der Waals surface area contributed by atoms with E-state index in [4.69, 9.17) is 16.3 Å². The first-order chi connectivity index (χ1) is 13.9. The lowest BCUT2D eigenvalue weighted by atomic mass is 10.1. The number of ether oxygens (including phenoxy) is 1. The van der Waals surface area contributed by atoms with Gasteiger partial charge in [-0.15, -0.1) is 0 Å². The molecule has 0 spiro atoms. The van der Waals surface area contributed by atoms with Crippen molar-refractivity contribution in [3.63, 3.8) is 0 Å². The van der Waals surface area contributed by atoms with Crippen molar-refractivity contribution >= 4 is 23.1 Å². The fraction of sp³-hybridized carbons (Fsp3) is 0.263. The molecule has 0 fully saturated rings. The van der Waals surface area contributed by atoms with Gasteiger partial charge in [-0.3, -0.25) is 4.57 Å². The molecule has 1 aromatic carbocycles. The maximum atomic E-state index is 13.1. The molecule has 0 aliphatic carbocycles. The first kappa shape index (κ1) is 22.5. The highest BCUT2D eigenvalue weighted by Crippen LogP contribution is 2.38. The molecule has 0 radical (unpaired) electrons. The molecule has 0 saturated carbocycles. The molecule has 0 saturated heterocycles. The molecule has 2 heterocycles. The van der Waals surface area contributed by atoms with Crippen LogP contribution in [0.15, 0.2) is 66.7 Å². The number of aromatic nitrogens is 4. The summed E-state index contributed by atoms with van der Waals surface area (Å²) in [6.45, 7) is 2.50. The van der Waals surface area contributed by atoms with Gasteiger partial charge in [0, 0.05) is 36.4 Å². The summed E-state index contributed by atoms with van der Waals surface area (Å²) in [5, 5.41) is 0.00249. The minimum atomic E-state index is -4.55. The molecule has 0 N–H and O–H groups in total. The molecule has 0 aliphatic heterocycles. The Labute approximate surface area is 171 Å². The van der Waals surface area contributed by atoms with E-state index in [9.17, 15) is 13.2 Å². The van der Waals surface area contributed by atoms with Crippen LogP contribution in [0.25, 0.3) is 0 Å². The maximum absolute atomic E-state index is 13.1. The first-order valence-corrected chi connectivity index (χ1v) is 9.00. The van der Waals surface area contributed by atoms with Crippen molar-refractivity contribution in [1.82, 2.24) is 19.5 Å². The van der Waals surface area contributed by atoms with Crippen LogP contribution in [0.2, 0.25) is 5.02 Å². The van der Waals surface area contributed by atoms with E-state index in [2.05, 4.69) is 19.9 Å². The van der Waals surface area contributed by atoms with Gasteiger partial charge in [-0.25, -0.2) is 19.9 Å². The van der Waals surface area contributed by atoms with Crippen molar-refractivity contribution < 1.29 is 17.9 Å². The highest BCUT2D eigenvalue weighted by Gasteiger charge is 2.34. The predicted octanol–water partition coefficient (Wildman–Crippen LogP) is 5.04. The predicted molar refractivity (Wildman–Crippen MR) is 104 cm³/mol. The van der Waals surface area contributed by atoms with E-state index in [-0.39, 0.29) is 17.3 Å². The zero-order chi connectivity index (χ0) is 21.1. The van der Waals surface area contributed by atoms with Crippen molar-refractivity contribution in [3.8, 4) is 0 Å². The van der Waals surface area contributed by atoms with E-state index in [0.717, 1.165) is 12.5 Å². The molecule has 0 unspecified atom stereocenters. The van der Waals surface area contributed by atoms with Gasteiger partial charge in [0.25, 0.3) is 0 Å². The number of rotatable bonds is 5. The number of aliphatic imine (C=N–C) groups is 1. The number of hydrogen-bond acceptors (Lipinski definition) is 5. The largest absolute Gasteiger partial charge is 0.418 e. The molecule has 0 amide bonds. The number of nitrogens with zero attached hydrogens (tertiary/aromatic N) is 5. The topological polar surface area (TPSA) is 65.2 Å². The van der Waals surface area contributed by atoms with Crippen molar-refractivity contribution in [2.75, 3.05) is 13.2 Å². The molecule has 3 aromatic rings. The Morgan fingerprint density at radius 1 is 1.17 bits per heavy atom. The Balaban J connectivity index is 0.000000426. The van der Waals surface area contributed by atoms with Gasteiger partial charge in [0.1, 0.15) is 25.1 Å². The molecular weight excluding hydrogens is 407 g/mol. The van der Waals surface area contributed by atoms with Crippen LogP contribution < -0.4 is 0 Å². The summed E-state index contributed by atoms with van der Waals surface area (Å²) < 4.78 is 46.4. The second-order valence-corrected chi connectivity index (χ2v) is 6.05. The summed E-state index contributed by atoms with van der Waals surface area (Å²) in [6, 6.07) is 5.24. The fourth-order valence-corrected chi connectivity index (χ4v) is 2.28. The Bertz CT molecular complexity index is 860. The third-order valence-electron chi connectivity index (χ3n) is 3.37. The van der Waals surface area contributed by atoms with Gasteiger partial charge in [0.15, 0.2) is 0 Å². The molecule has 154 valence electrons. The number of halogens is 4. The SMILES string of the molecule is CCCOC/C(=N\c1ccc(Cl)cc1C(F)(F)F)n1ccnc1.c1cncnc1. The average molecular weight is 426 g/mol. The fourth-order valence-electron chi connectivity index (χ4n) is 2.11. The number of imidazole rings is 1. The van der Waals surface area contributed by atoms with Gasteiger partial charge in [-0.05, 0) is 30.7 Å². The molecule has 3 rings (SSSR count). The van der Waals surface area contributed by atoms with E-state index in [1.165, 1.54) is 35.6 Å².